The Morgan fingerprint density at radius 2 is 1.79 bits per heavy atom. The fourth-order valence-corrected chi connectivity index (χ4v) is 4.33. The fraction of sp³-hybridized carbons (Fsp3) is 0.938. The Morgan fingerprint density at radius 1 is 1.17 bits per heavy atom. The zero-order valence-corrected chi connectivity index (χ0v) is 13.9. The van der Waals surface area contributed by atoms with Crippen LogP contribution in [0.25, 0.3) is 0 Å². The Bertz CT molecular complexity index is 428. The maximum atomic E-state index is 13.3. The highest BCUT2D eigenvalue weighted by Crippen LogP contribution is 2.32. The van der Waals surface area contributed by atoms with Crippen molar-refractivity contribution in [1.29, 1.82) is 0 Å². The Hall–Kier alpha value is -0.860. The molecule has 1 amide bonds. The van der Waals surface area contributed by atoms with Crippen LogP contribution in [-0.2, 0) is 4.79 Å². The summed E-state index contributed by atoms with van der Waals surface area (Å²) in [5.41, 5.74) is 0. The van der Waals surface area contributed by atoms with E-state index in [9.17, 15) is 18.0 Å². The van der Waals surface area contributed by atoms with Crippen LogP contribution in [0.4, 0.5) is 13.2 Å². The van der Waals surface area contributed by atoms with Gasteiger partial charge in [-0.05, 0) is 31.6 Å². The van der Waals surface area contributed by atoms with Crippen molar-refractivity contribution in [2.45, 2.75) is 56.4 Å². The second kappa shape index (κ2) is 7.58. The number of alkyl halides is 3. The number of fused-ring (bicyclic) bond motifs is 2. The van der Waals surface area contributed by atoms with Gasteiger partial charge >= 0.3 is 6.18 Å². The summed E-state index contributed by atoms with van der Waals surface area (Å²) in [5, 5.41) is 9.11. The van der Waals surface area contributed by atoms with Crippen LogP contribution in [0.3, 0.4) is 0 Å². The van der Waals surface area contributed by atoms with E-state index in [4.69, 9.17) is 0 Å². The van der Waals surface area contributed by atoms with E-state index in [1.165, 1.54) is 4.90 Å². The minimum atomic E-state index is -4.32. The average molecular weight is 348 g/mol. The molecular weight excluding hydrogens is 321 g/mol. The molecule has 3 rings (SSSR count). The molecule has 2 bridgehead atoms. The summed E-state index contributed by atoms with van der Waals surface area (Å²) in [4.78, 5) is 13.5. The largest absolute Gasteiger partial charge is 0.405 e. The molecule has 0 aromatic rings. The number of carbonyl (C=O) groups excluding carboxylic acids is 1. The van der Waals surface area contributed by atoms with Crippen LogP contribution in [-0.4, -0.2) is 67.8 Å². The van der Waals surface area contributed by atoms with Crippen molar-refractivity contribution in [3.8, 4) is 0 Å². The lowest BCUT2D eigenvalue weighted by molar-refractivity contribution is -0.184. The van der Waals surface area contributed by atoms with Gasteiger partial charge in [0.05, 0.1) is 0 Å². The number of carbonyl (C=O) groups is 1. The molecule has 24 heavy (non-hydrogen) atoms. The molecule has 0 saturated carbocycles. The van der Waals surface area contributed by atoms with E-state index in [0.717, 1.165) is 25.7 Å². The Labute approximate surface area is 140 Å². The first kappa shape index (κ1) is 17.9. The van der Waals surface area contributed by atoms with E-state index in [0.29, 0.717) is 50.6 Å². The lowest BCUT2D eigenvalue weighted by Crippen LogP contribution is -2.57. The molecule has 8 heteroatoms. The molecule has 3 N–H and O–H groups in total. The second-order valence-corrected chi connectivity index (χ2v) is 7.33. The molecule has 3 saturated heterocycles. The molecule has 0 aromatic heterocycles. The predicted molar refractivity (Wildman–Crippen MR) is 84.6 cm³/mol. The highest BCUT2D eigenvalue weighted by Gasteiger charge is 2.44. The smallest absolute Gasteiger partial charge is 0.354 e. The number of rotatable bonds is 5. The first-order valence-corrected chi connectivity index (χ1v) is 8.96. The van der Waals surface area contributed by atoms with Gasteiger partial charge < -0.3 is 16.0 Å². The van der Waals surface area contributed by atoms with E-state index < -0.39 is 12.2 Å². The van der Waals surface area contributed by atoms with Crippen molar-refractivity contribution in [2.75, 3.05) is 32.7 Å². The quantitative estimate of drug-likeness (QED) is 0.690. The lowest BCUT2D eigenvalue weighted by Gasteiger charge is -2.36. The first-order chi connectivity index (χ1) is 11.4. The van der Waals surface area contributed by atoms with Crippen LogP contribution < -0.4 is 16.0 Å². The van der Waals surface area contributed by atoms with E-state index in [-0.39, 0.29) is 12.5 Å². The monoisotopic (exact) mass is 348 g/mol. The van der Waals surface area contributed by atoms with Crippen molar-refractivity contribution >= 4 is 5.91 Å². The Morgan fingerprint density at radius 3 is 2.38 bits per heavy atom. The van der Waals surface area contributed by atoms with Crippen molar-refractivity contribution < 1.29 is 18.0 Å². The zero-order chi connectivity index (χ0) is 17.2. The number of hydrogen-bond donors (Lipinski definition) is 3. The van der Waals surface area contributed by atoms with Gasteiger partial charge in [-0.15, -0.1) is 0 Å². The fourth-order valence-electron chi connectivity index (χ4n) is 4.33. The third-order valence-electron chi connectivity index (χ3n) is 5.51. The molecule has 138 valence electrons. The number of piperidine rings is 1. The number of piperazine rings is 1. The normalized spacial score (nSPS) is 32.5. The van der Waals surface area contributed by atoms with Crippen LogP contribution in [0.5, 0.6) is 0 Å². The van der Waals surface area contributed by atoms with Gasteiger partial charge in [0.2, 0.25) is 5.91 Å². The van der Waals surface area contributed by atoms with E-state index in [1.807, 2.05) is 0 Å². The number of amides is 1. The number of nitrogens with zero attached hydrogens (tertiary/aromatic N) is 1. The predicted octanol–water partition coefficient (Wildman–Crippen LogP) is 0.859. The summed E-state index contributed by atoms with van der Waals surface area (Å²) >= 11 is 0. The molecule has 0 radical (unpaired) electrons. The number of halogens is 3. The molecule has 5 nitrogen and oxygen atoms in total. The molecular formula is C16H27F3N4O. The Kier molecular flexibility index (Phi) is 5.66. The summed E-state index contributed by atoms with van der Waals surface area (Å²) in [5.74, 6) is 0.0537. The molecule has 0 aliphatic carbocycles. The second-order valence-electron chi connectivity index (χ2n) is 7.33. The summed E-state index contributed by atoms with van der Waals surface area (Å²) in [6.45, 7) is 1.48. The van der Waals surface area contributed by atoms with Gasteiger partial charge in [-0.25, -0.2) is 0 Å². The minimum Gasteiger partial charge on any atom is -0.354 e. The van der Waals surface area contributed by atoms with Crippen LogP contribution in [0.1, 0.15) is 32.1 Å². The molecule has 3 aliphatic heterocycles. The van der Waals surface area contributed by atoms with Gasteiger partial charge in [0, 0.05) is 51.2 Å². The third kappa shape index (κ3) is 4.61. The van der Waals surface area contributed by atoms with Crippen LogP contribution >= 0.6 is 0 Å². The standard InChI is InChI=1S/C16H27F3N4O/c17-16(18,19)14(23-5-3-20-4-6-23)10-21-15(24)9-11-7-12-1-2-13(8-11)22-12/h11-14,20,22H,1-10H2,(H,21,24). The van der Waals surface area contributed by atoms with Gasteiger partial charge in [-0.1, -0.05) is 0 Å². The summed E-state index contributed by atoms with van der Waals surface area (Å²) in [7, 11) is 0. The molecule has 0 aromatic carbocycles. The van der Waals surface area contributed by atoms with Crippen molar-refractivity contribution in [1.82, 2.24) is 20.9 Å². The average Bonchev–Trinajstić information content (AvgIpc) is 2.86. The van der Waals surface area contributed by atoms with Crippen LogP contribution in [0.15, 0.2) is 0 Å². The van der Waals surface area contributed by atoms with Crippen molar-refractivity contribution in [3.05, 3.63) is 0 Å². The highest BCUT2D eigenvalue weighted by molar-refractivity contribution is 5.76. The van der Waals surface area contributed by atoms with E-state index >= 15 is 0 Å². The first-order valence-electron chi connectivity index (χ1n) is 8.96. The topological polar surface area (TPSA) is 56.4 Å². The molecule has 3 atom stereocenters. The van der Waals surface area contributed by atoms with Gasteiger partial charge in [-0.3, -0.25) is 9.69 Å². The molecule has 3 aliphatic rings. The minimum absolute atomic E-state index is 0.245. The third-order valence-corrected chi connectivity index (χ3v) is 5.51. The lowest BCUT2D eigenvalue weighted by atomic mass is 9.89. The summed E-state index contributed by atoms with van der Waals surface area (Å²) < 4.78 is 39.9. The van der Waals surface area contributed by atoms with Crippen molar-refractivity contribution in [2.24, 2.45) is 5.92 Å². The number of hydrogen-bond acceptors (Lipinski definition) is 4. The molecule has 3 heterocycles. The number of nitrogens with one attached hydrogen (secondary N) is 3. The molecule has 3 unspecified atom stereocenters. The van der Waals surface area contributed by atoms with Gasteiger partial charge in [0.25, 0.3) is 0 Å². The van der Waals surface area contributed by atoms with Crippen molar-refractivity contribution in [3.63, 3.8) is 0 Å². The summed E-state index contributed by atoms with van der Waals surface area (Å²) in [6.07, 6.45) is 0.262. The molecule has 3 fully saturated rings. The SMILES string of the molecule is O=C(CC1CC2CCC(C1)N2)NCC(N1CCNCC1)C(F)(F)F. The van der Waals surface area contributed by atoms with E-state index in [1.54, 1.807) is 0 Å². The van der Waals surface area contributed by atoms with Gasteiger partial charge in [-0.2, -0.15) is 13.2 Å². The molecule has 0 spiro atoms. The maximum Gasteiger partial charge on any atom is 0.405 e. The van der Waals surface area contributed by atoms with Gasteiger partial charge in [0.15, 0.2) is 0 Å². The van der Waals surface area contributed by atoms with Gasteiger partial charge in [0.1, 0.15) is 6.04 Å². The zero-order valence-electron chi connectivity index (χ0n) is 13.9. The Balaban J connectivity index is 1.47. The van der Waals surface area contributed by atoms with E-state index in [2.05, 4.69) is 16.0 Å². The van der Waals surface area contributed by atoms with Crippen LogP contribution in [0.2, 0.25) is 0 Å². The van der Waals surface area contributed by atoms with Crippen LogP contribution in [0, 0.1) is 5.92 Å². The highest BCUT2D eigenvalue weighted by atomic mass is 19.4. The summed E-state index contributed by atoms with van der Waals surface area (Å²) in [6, 6.07) is -0.608. The maximum absolute atomic E-state index is 13.3.